The molecular formula is C21H30FN5O. The number of carbonyl (C=O) groups is 1. The third-order valence-corrected chi connectivity index (χ3v) is 5.44. The van der Waals surface area contributed by atoms with Crippen LogP contribution in [-0.4, -0.2) is 51.8 Å². The maximum Gasteiger partial charge on any atom is 0.317 e. The van der Waals surface area contributed by atoms with Gasteiger partial charge in [0.1, 0.15) is 5.82 Å². The van der Waals surface area contributed by atoms with Gasteiger partial charge in [-0.2, -0.15) is 5.10 Å². The fraction of sp³-hybridized carbons (Fsp3) is 0.524. The molecule has 152 valence electrons. The second kappa shape index (κ2) is 9.19. The van der Waals surface area contributed by atoms with Crippen molar-refractivity contribution in [3.8, 4) is 0 Å². The highest BCUT2D eigenvalue weighted by molar-refractivity contribution is 5.74. The quantitative estimate of drug-likeness (QED) is 0.828. The molecule has 0 spiro atoms. The Morgan fingerprint density at radius 3 is 2.86 bits per heavy atom. The van der Waals surface area contributed by atoms with Gasteiger partial charge in [0.25, 0.3) is 0 Å². The summed E-state index contributed by atoms with van der Waals surface area (Å²) in [5.74, 6) is -0.170. The van der Waals surface area contributed by atoms with Crippen LogP contribution in [-0.2, 0) is 19.6 Å². The summed E-state index contributed by atoms with van der Waals surface area (Å²) in [6.07, 6.45) is 3.77. The molecule has 28 heavy (non-hydrogen) atoms. The molecule has 1 aliphatic rings. The number of benzene rings is 1. The molecule has 2 heterocycles. The van der Waals surface area contributed by atoms with E-state index in [-0.39, 0.29) is 17.9 Å². The SMILES string of the molecule is CCn1ncc(CN(C)C(=O)N[C@H]2CCCN(Cc3ccccc3F)C2)c1C. The number of aromatic nitrogens is 2. The van der Waals surface area contributed by atoms with Crippen LogP contribution in [0.3, 0.4) is 0 Å². The van der Waals surface area contributed by atoms with Crippen LogP contribution in [0.5, 0.6) is 0 Å². The van der Waals surface area contributed by atoms with E-state index in [2.05, 4.69) is 22.2 Å². The van der Waals surface area contributed by atoms with Crippen LogP contribution in [0.25, 0.3) is 0 Å². The summed E-state index contributed by atoms with van der Waals surface area (Å²) < 4.78 is 15.8. The number of carbonyl (C=O) groups excluding carboxylic acids is 1. The fourth-order valence-corrected chi connectivity index (χ4v) is 3.76. The number of halogens is 1. The predicted molar refractivity (Wildman–Crippen MR) is 107 cm³/mol. The number of rotatable bonds is 6. The average molecular weight is 388 g/mol. The zero-order valence-electron chi connectivity index (χ0n) is 17.0. The van der Waals surface area contributed by atoms with Crippen LogP contribution < -0.4 is 5.32 Å². The van der Waals surface area contributed by atoms with E-state index in [0.717, 1.165) is 43.7 Å². The third kappa shape index (κ3) is 4.90. The molecule has 0 radical (unpaired) electrons. The summed E-state index contributed by atoms with van der Waals surface area (Å²) in [4.78, 5) is 16.5. The van der Waals surface area contributed by atoms with Gasteiger partial charge in [-0.15, -0.1) is 0 Å². The molecule has 1 aliphatic heterocycles. The van der Waals surface area contributed by atoms with Crippen molar-refractivity contribution >= 4 is 6.03 Å². The van der Waals surface area contributed by atoms with E-state index in [1.165, 1.54) is 6.07 Å². The summed E-state index contributed by atoms with van der Waals surface area (Å²) >= 11 is 0. The van der Waals surface area contributed by atoms with Gasteiger partial charge in [-0.3, -0.25) is 9.58 Å². The Balaban J connectivity index is 1.53. The minimum atomic E-state index is -0.170. The Kier molecular flexibility index (Phi) is 6.67. The van der Waals surface area contributed by atoms with E-state index in [4.69, 9.17) is 0 Å². The topological polar surface area (TPSA) is 53.4 Å². The minimum Gasteiger partial charge on any atom is -0.334 e. The molecule has 0 bridgehead atoms. The molecule has 1 atom stereocenters. The van der Waals surface area contributed by atoms with Crippen LogP contribution in [0.1, 0.15) is 36.6 Å². The van der Waals surface area contributed by atoms with Gasteiger partial charge in [0.2, 0.25) is 0 Å². The van der Waals surface area contributed by atoms with Crippen molar-refractivity contribution in [1.82, 2.24) is 24.9 Å². The number of aryl methyl sites for hydroxylation is 1. The summed E-state index contributed by atoms with van der Waals surface area (Å²) in [5.41, 5.74) is 2.86. The second-order valence-electron chi connectivity index (χ2n) is 7.54. The smallest absolute Gasteiger partial charge is 0.317 e. The molecule has 2 amide bonds. The summed E-state index contributed by atoms with van der Waals surface area (Å²) in [6, 6.07) is 6.88. The standard InChI is InChI=1S/C21H30FN5O/c1-4-27-16(2)18(12-23-27)13-25(3)21(28)24-19-9-7-11-26(15-19)14-17-8-5-6-10-20(17)22/h5-6,8,10,12,19H,4,7,9,11,13-15H2,1-3H3,(H,24,28)/t19-/m0/s1. The Hall–Kier alpha value is -2.41. The normalized spacial score (nSPS) is 17.5. The highest BCUT2D eigenvalue weighted by atomic mass is 19.1. The van der Waals surface area contributed by atoms with Crippen LogP contribution in [0.4, 0.5) is 9.18 Å². The maximum absolute atomic E-state index is 13.9. The number of nitrogens with one attached hydrogen (secondary N) is 1. The molecule has 3 rings (SSSR count). The van der Waals surface area contributed by atoms with Crippen molar-refractivity contribution in [3.05, 3.63) is 53.1 Å². The number of amides is 2. The third-order valence-electron chi connectivity index (χ3n) is 5.44. The van der Waals surface area contributed by atoms with Gasteiger partial charge in [-0.25, -0.2) is 9.18 Å². The monoisotopic (exact) mass is 387 g/mol. The zero-order valence-corrected chi connectivity index (χ0v) is 17.0. The van der Waals surface area contributed by atoms with Crippen molar-refractivity contribution in [1.29, 1.82) is 0 Å². The summed E-state index contributed by atoms with van der Waals surface area (Å²) in [5, 5.41) is 7.47. The molecule has 7 heteroatoms. The lowest BCUT2D eigenvalue weighted by Crippen LogP contribution is -2.50. The number of urea groups is 1. The first-order valence-corrected chi connectivity index (χ1v) is 9.96. The number of likely N-dealkylation sites (tertiary alicyclic amines) is 1. The Morgan fingerprint density at radius 1 is 1.36 bits per heavy atom. The van der Waals surface area contributed by atoms with Crippen molar-refractivity contribution in [2.45, 2.75) is 52.4 Å². The Morgan fingerprint density at radius 2 is 2.14 bits per heavy atom. The molecule has 6 nitrogen and oxygen atoms in total. The van der Waals surface area contributed by atoms with Crippen LogP contribution in [0.2, 0.25) is 0 Å². The molecule has 1 fully saturated rings. The van der Waals surface area contributed by atoms with Crippen molar-refractivity contribution < 1.29 is 9.18 Å². The highest BCUT2D eigenvalue weighted by Crippen LogP contribution is 2.16. The Labute approximate surface area is 166 Å². The van der Waals surface area contributed by atoms with Crippen LogP contribution in [0.15, 0.2) is 30.5 Å². The van der Waals surface area contributed by atoms with Gasteiger partial charge < -0.3 is 10.2 Å². The van der Waals surface area contributed by atoms with E-state index < -0.39 is 0 Å². The molecule has 0 aliphatic carbocycles. The number of hydrogen-bond donors (Lipinski definition) is 1. The van der Waals surface area contributed by atoms with E-state index >= 15 is 0 Å². The van der Waals surface area contributed by atoms with E-state index in [1.54, 1.807) is 18.0 Å². The summed E-state index contributed by atoms with van der Waals surface area (Å²) in [6.45, 7) is 7.66. The lowest BCUT2D eigenvalue weighted by Gasteiger charge is -2.34. The largest absolute Gasteiger partial charge is 0.334 e. The maximum atomic E-state index is 13.9. The average Bonchev–Trinajstić information content (AvgIpc) is 3.03. The van der Waals surface area contributed by atoms with Crippen LogP contribution in [0, 0.1) is 12.7 Å². The van der Waals surface area contributed by atoms with Gasteiger partial charge in [-0.05, 0) is 39.3 Å². The molecular weight excluding hydrogens is 357 g/mol. The predicted octanol–water partition coefficient (Wildman–Crippen LogP) is 3.16. The lowest BCUT2D eigenvalue weighted by molar-refractivity contribution is 0.166. The van der Waals surface area contributed by atoms with E-state index in [0.29, 0.717) is 18.7 Å². The first kappa shape index (κ1) is 20.3. The van der Waals surface area contributed by atoms with Gasteiger partial charge in [0, 0.05) is 49.5 Å². The molecule has 2 aromatic rings. The molecule has 1 aromatic carbocycles. The van der Waals surface area contributed by atoms with Crippen molar-refractivity contribution in [3.63, 3.8) is 0 Å². The second-order valence-corrected chi connectivity index (χ2v) is 7.54. The zero-order chi connectivity index (χ0) is 20.1. The molecule has 1 N–H and O–H groups in total. The van der Waals surface area contributed by atoms with Crippen molar-refractivity contribution in [2.75, 3.05) is 20.1 Å². The number of nitrogens with zero attached hydrogens (tertiary/aromatic N) is 4. The molecule has 0 saturated carbocycles. The van der Waals surface area contributed by atoms with E-state index in [1.807, 2.05) is 29.9 Å². The molecule has 1 saturated heterocycles. The van der Waals surface area contributed by atoms with E-state index in [9.17, 15) is 9.18 Å². The molecule has 1 aromatic heterocycles. The number of hydrogen-bond acceptors (Lipinski definition) is 3. The minimum absolute atomic E-state index is 0.0786. The van der Waals surface area contributed by atoms with Gasteiger partial charge in [0.05, 0.1) is 12.7 Å². The number of piperidine rings is 1. The first-order valence-electron chi connectivity index (χ1n) is 9.96. The molecule has 0 unspecified atom stereocenters. The van der Waals surface area contributed by atoms with Gasteiger partial charge in [-0.1, -0.05) is 18.2 Å². The van der Waals surface area contributed by atoms with Crippen LogP contribution >= 0.6 is 0 Å². The summed E-state index contributed by atoms with van der Waals surface area (Å²) in [7, 11) is 1.80. The fourth-order valence-electron chi connectivity index (χ4n) is 3.76. The van der Waals surface area contributed by atoms with Gasteiger partial charge in [0.15, 0.2) is 0 Å². The Bertz CT molecular complexity index is 806. The lowest BCUT2D eigenvalue weighted by atomic mass is 10.0. The van der Waals surface area contributed by atoms with Crippen molar-refractivity contribution in [2.24, 2.45) is 0 Å². The highest BCUT2D eigenvalue weighted by Gasteiger charge is 2.23. The first-order chi connectivity index (χ1) is 13.5. The van der Waals surface area contributed by atoms with Gasteiger partial charge >= 0.3 is 6.03 Å².